The molecular weight excluding hydrogens is 284 g/mol. The first-order chi connectivity index (χ1) is 9.94. The molecular formula is C16H28N2O2S. The van der Waals surface area contributed by atoms with Crippen molar-refractivity contribution in [2.24, 2.45) is 17.8 Å². The molecule has 2 saturated heterocycles. The van der Waals surface area contributed by atoms with Crippen molar-refractivity contribution in [2.75, 3.05) is 38.5 Å². The van der Waals surface area contributed by atoms with Crippen LogP contribution in [-0.4, -0.2) is 59.3 Å². The van der Waals surface area contributed by atoms with Gasteiger partial charge in [0.25, 0.3) is 0 Å². The molecule has 5 heteroatoms. The fourth-order valence-corrected chi connectivity index (χ4v) is 4.13. The third-order valence-electron chi connectivity index (χ3n) is 4.29. The molecule has 2 rings (SSSR count). The molecule has 2 unspecified atom stereocenters. The van der Waals surface area contributed by atoms with E-state index in [1.54, 1.807) is 6.92 Å². The van der Waals surface area contributed by atoms with Crippen molar-refractivity contribution in [3.8, 4) is 0 Å². The second-order valence-corrected chi connectivity index (χ2v) is 8.18. The van der Waals surface area contributed by atoms with Crippen LogP contribution in [0.1, 0.15) is 33.6 Å². The molecule has 0 aliphatic carbocycles. The zero-order valence-corrected chi connectivity index (χ0v) is 14.3. The van der Waals surface area contributed by atoms with Gasteiger partial charge >= 0.3 is 0 Å². The Labute approximate surface area is 132 Å². The number of thioether (sulfide) groups is 1. The van der Waals surface area contributed by atoms with Crippen molar-refractivity contribution < 1.29 is 9.59 Å². The Hall–Kier alpha value is -0.550. The van der Waals surface area contributed by atoms with Crippen LogP contribution in [0.2, 0.25) is 0 Å². The van der Waals surface area contributed by atoms with E-state index in [-0.39, 0.29) is 11.0 Å². The molecule has 0 aromatic rings. The summed E-state index contributed by atoms with van der Waals surface area (Å²) in [6.07, 6.45) is 1.84. The number of carbonyl (C=O) groups excluding carboxylic acids is 2. The smallest absolute Gasteiger partial charge is 0.222 e. The molecule has 2 aliphatic heterocycles. The summed E-state index contributed by atoms with van der Waals surface area (Å²) in [4.78, 5) is 27.7. The van der Waals surface area contributed by atoms with Gasteiger partial charge in [-0.15, -0.1) is 0 Å². The summed E-state index contributed by atoms with van der Waals surface area (Å²) in [5.74, 6) is 2.78. The molecule has 0 aromatic heterocycles. The summed E-state index contributed by atoms with van der Waals surface area (Å²) in [5, 5.41) is 0.154. The van der Waals surface area contributed by atoms with Crippen LogP contribution < -0.4 is 0 Å². The Morgan fingerprint density at radius 1 is 1.33 bits per heavy atom. The van der Waals surface area contributed by atoms with Gasteiger partial charge in [-0.1, -0.05) is 25.6 Å². The van der Waals surface area contributed by atoms with Crippen LogP contribution in [0.15, 0.2) is 0 Å². The highest BCUT2D eigenvalue weighted by molar-refractivity contribution is 8.13. The molecule has 0 saturated carbocycles. The van der Waals surface area contributed by atoms with Gasteiger partial charge in [-0.2, -0.15) is 0 Å². The van der Waals surface area contributed by atoms with Crippen LogP contribution in [0, 0.1) is 17.8 Å². The molecule has 0 bridgehead atoms. The quantitative estimate of drug-likeness (QED) is 0.753. The normalized spacial score (nSPS) is 27.0. The molecule has 2 heterocycles. The van der Waals surface area contributed by atoms with Gasteiger partial charge in [0.05, 0.1) is 0 Å². The molecule has 4 nitrogen and oxygen atoms in total. The van der Waals surface area contributed by atoms with E-state index >= 15 is 0 Å². The SMILES string of the molecule is CC(=O)SCC1CC(=O)N(CC2CCN(CC(C)C)C2)C1. The third kappa shape index (κ3) is 5.29. The fourth-order valence-electron chi connectivity index (χ4n) is 3.43. The van der Waals surface area contributed by atoms with Crippen molar-refractivity contribution in [3.63, 3.8) is 0 Å². The van der Waals surface area contributed by atoms with Gasteiger partial charge in [-0.05, 0) is 30.7 Å². The molecule has 2 atom stereocenters. The lowest BCUT2D eigenvalue weighted by Gasteiger charge is -2.22. The minimum absolute atomic E-state index is 0.154. The fraction of sp³-hybridized carbons (Fsp3) is 0.875. The first-order valence-corrected chi connectivity index (χ1v) is 9.06. The first-order valence-electron chi connectivity index (χ1n) is 8.07. The van der Waals surface area contributed by atoms with E-state index in [1.165, 1.54) is 31.3 Å². The van der Waals surface area contributed by atoms with Gasteiger partial charge in [0.1, 0.15) is 0 Å². The van der Waals surface area contributed by atoms with Crippen molar-refractivity contribution in [3.05, 3.63) is 0 Å². The predicted octanol–water partition coefficient (Wildman–Crippen LogP) is 2.09. The standard InChI is InChI=1S/C16H28N2O2S/c1-12(2)7-17-5-4-14(8-17)9-18-10-15(6-16(18)20)11-21-13(3)19/h12,14-15H,4-11H2,1-3H3. The largest absolute Gasteiger partial charge is 0.342 e. The lowest BCUT2D eigenvalue weighted by Crippen LogP contribution is -2.33. The highest BCUT2D eigenvalue weighted by atomic mass is 32.2. The molecule has 0 radical (unpaired) electrons. The van der Waals surface area contributed by atoms with Crippen LogP contribution in [0.25, 0.3) is 0 Å². The summed E-state index contributed by atoms with van der Waals surface area (Å²) in [5.41, 5.74) is 0. The Morgan fingerprint density at radius 3 is 2.76 bits per heavy atom. The van der Waals surface area contributed by atoms with Crippen LogP contribution in [0.5, 0.6) is 0 Å². The number of carbonyl (C=O) groups is 2. The zero-order chi connectivity index (χ0) is 15.4. The summed E-state index contributed by atoms with van der Waals surface area (Å²) < 4.78 is 0. The van der Waals surface area contributed by atoms with Crippen LogP contribution in [0.4, 0.5) is 0 Å². The molecule has 21 heavy (non-hydrogen) atoms. The topological polar surface area (TPSA) is 40.6 Å². The van der Waals surface area contributed by atoms with Gasteiger partial charge in [0, 0.05) is 45.3 Å². The molecule has 2 fully saturated rings. The van der Waals surface area contributed by atoms with Gasteiger partial charge < -0.3 is 9.80 Å². The predicted molar refractivity (Wildman–Crippen MR) is 87.2 cm³/mol. The average molecular weight is 312 g/mol. The Morgan fingerprint density at radius 2 is 2.10 bits per heavy atom. The van der Waals surface area contributed by atoms with Crippen LogP contribution >= 0.6 is 11.8 Å². The van der Waals surface area contributed by atoms with E-state index in [4.69, 9.17) is 0 Å². The molecule has 120 valence electrons. The summed E-state index contributed by atoms with van der Waals surface area (Å²) in [7, 11) is 0. The van der Waals surface area contributed by atoms with Crippen LogP contribution in [-0.2, 0) is 9.59 Å². The van der Waals surface area contributed by atoms with E-state index in [0.717, 1.165) is 25.4 Å². The second kappa shape index (κ2) is 7.63. The summed E-state index contributed by atoms with van der Waals surface area (Å²) in [6.45, 7) is 11.4. The van der Waals surface area contributed by atoms with E-state index in [2.05, 4.69) is 18.7 Å². The van der Waals surface area contributed by atoms with E-state index < -0.39 is 0 Å². The minimum atomic E-state index is 0.154. The molecule has 0 N–H and O–H groups in total. The van der Waals surface area contributed by atoms with E-state index in [0.29, 0.717) is 24.2 Å². The minimum Gasteiger partial charge on any atom is -0.342 e. The van der Waals surface area contributed by atoms with Gasteiger partial charge in [-0.25, -0.2) is 0 Å². The van der Waals surface area contributed by atoms with Crippen molar-refractivity contribution >= 4 is 22.8 Å². The summed E-state index contributed by atoms with van der Waals surface area (Å²) in [6, 6.07) is 0. The number of hydrogen-bond donors (Lipinski definition) is 0. The molecule has 2 aliphatic rings. The van der Waals surface area contributed by atoms with Gasteiger partial charge in [0.2, 0.25) is 5.91 Å². The van der Waals surface area contributed by atoms with Crippen molar-refractivity contribution in [1.29, 1.82) is 0 Å². The van der Waals surface area contributed by atoms with Gasteiger partial charge in [-0.3, -0.25) is 9.59 Å². The maximum absolute atomic E-state index is 12.1. The average Bonchev–Trinajstić information content (AvgIpc) is 2.94. The number of nitrogens with zero attached hydrogens (tertiary/aromatic N) is 2. The monoisotopic (exact) mass is 312 g/mol. The van der Waals surface area contributed by atoms with E-state index in [1.807, 2.05) is 4.90 Å². The number of likely N-dealkylation sites (tertiary alicyclic amines) is 2. The number of hydrogen-bond acceptors (Lipinski definition) is 4. The Balaban J connectivity index is 1.73. The zero-order valence-electron chi connectivity index (χ0n) is 13.5. The molecule has 0 aromatic carbocycles. The maximum Gasteiger partial charge on any atom is 0.222 e. The van der Waals surface area contributed by atoms with E-state index in [9.17, 15) is 9.59 Å². The maximum atomic E-state index is 12.1. The van der Waals surface area contributed by atoms with Gasteiger partial charge in [0.15, 0.2) is 5.12 Å². The number of amides is 1. The first kappa shape index (κ1) is 16.8. The number of rotatable bonds is 6. The Kier molecular flexibility index (Phi) is 6.11. The highest BCUT2D eigenvalue weighted by Crippen LogP contribution is 2.25. The van der Waals surface area contributed by atoms with Crippen molar-refractivity contribution in [1.82, 2.24) is 9.80 Å². The lowest BCUT2D eigenvalue weighted by atomic mass is 10.1. The molecule has 1 amide bonds. The summed E-state index contributed by atoms with van der Waals surface area (Å²) >= 11 is 1.36. The lowest BCUT2D eigenvalue weighted by molar-refractivity contribution is -0.128. The van der Waals surface area contributed by atoms with Crippen molar-refractivity contribution in [2.45, 2.75) is 33.6 Å². The Bertz CT molecular complexity index is 386. The highest BCUT2D eigenvalue weighted by Gasteiger charge is 2.33. The third-order valence-corrected chi connectivity index (χ3v) is 5.33. The van der Waals surface area contributed by atoms with Crippen LogP contribution in [0.3, 0.4) is 0 Å². The molecule has 0 spiro atoms. The second-order valence-electron chi connectivity index (χ2n) is 6.98.